The van der Waals surface area contributed by atoms with Gasteiger partial charge in [-0.3, -0.25) is 4.42 Å². The molecule has 1 saturated carbocycles. The summed E-state index contributed by atoms with van der Waals surface area (Å²) in [6, 6.07) is 8.14. The molecule has 6 rings (SSSR count). The van der Waals surface area contributed by atoms with Crippen LogP contribution in [0.15, 0.2) is 36.7 Å². The molecular formula is C18H17ClN8. The number of halogens is 1. The third kappa shape index (κ3) is 2.22. The molecule has 4 heterocycles. The summed E-state index contributed by atoms with van der Waals surface area (Å²) in [5.74, 6) is 3.83. The Hall–Kier alpha value is -2.87. The molecule has 27 heavy (non-hydrogen) atoms. The smallest absolute Gasteiger partial charge is 0.259 e. The Morgan fingerprint density at radius 2 is 2.04 bits per heavy atom. The number of benzene rings is 1. The van der Waals surface area contributed by atoms with Gasteiger partial charge < -0.3 is 4.90 Å². The van der Waals surface area contributed by atoms with Crippen molar-refractivity contribution in [3.05, 3.63) is 42.4 Å². The zero-order valence-corrected chi connectivity index (χ0v) is 15.5. The van der Waals surface area contributed by atoms with Gasteiger partial charge >= 0.3 is 0 Å². The molecule has 136 valence electrons. The van der Waals surface area contributed by atoms with E-state index in [4.69, 9.17) is 11.8 Å². The van der Waals surface area contributed by atoms with E-state index < -0.39 is 0 Å². The fourth-order valence-electron chi connectivity index (χ4n) is 3.97. The van der Waals surface area contributed by atoms with Crippen molar-refractivity contribution in [1.82, 2.24) is 34.2 Å². The van der Waals surface area contributed by atoms with Crippen LogP contribution in [0, 0.1) is 11.8 Å². The van der Waals surface area contributed by atoms with E-state index in [0.717, 1.165) is 46.8 Å². The lowest BCUT2D eigenvalue weighted by atomic mass is 10.1. The van der Waals surface area contributed by atoms with Gasteiger partial charge in [0.05, 0.1) is 23.8 Å². The molecule has 0 radical (unpaired) electrons. The molecule has 1 aliphatic carbocycles. The van der Waals surface area contributed by atoms with Crippen LogP contribution in [0.5, 0.6) is 0 Å². The summed E-state index contributed by atoms with van der Waals surface area (Å²) >= 11 is 6.29. The second-order valence-electron chi connectivity index (χ2n) is 7.46. The minimum absolute atomic E-state index is 0.563. The molecule has 1 aromatic carbocycles. The van der Waals surface area contributed by atoms with E-state index in [-0.39, 0.29) is 0 Å². The van der Waals surface area contributed by atoms with Crippen molar-refractivity contribution in [1.29, 1.82) is 0 Å². The van der Waals surface area contributed by atoms with Gasteiger partial charge in [0.25, 0.3) is 5.95 Å². The molecule has 9 heteroatoms. The fourth-order valence-corrected chi connectivity index (χ4v) is 4.17. The Morgan fingerprint density at radius 3 is 2.89 bits per heavy atom. The molecule has 2 atom stereocenters. The van der Waals surface area contributed by atoms with Crippen molar-refractivity contribution >= 4 is 23.3 Å². The number of anilines is 1. The van der Waals surface area contributed by atoms with Crippen LogP contribution in [0.1, 0.15) is 19.0 Å². The minimum atomic E-state index is 0.563. The second-order valence-corrected chi connectivity index (χ2v) is 7.90. The number of para-hydroxylation sites is 1. The Balaban J connectivity index is 1.47. The van der Waals surface area contributed by atoms with Crippen LogP contribution >= 0.6 is 11.8 Å². The molecule has 0 bridgehead atoms. The summed E-state index contributed by atoms with van der Waals surface area (Å²) in [6.45, 7) is 2.84. The summed E-state index contributed by atoms with van der Waals surface area (Å²) in [5.41, 5.74) is 3.09. The third-order valence-corrected chi connectivity index (χ3v) is 5.82. The number of aromatic nitrogens is 6. The van der Waals surface area contributed by atoms with Crippen molar-refractivity contribution in [3.63, 3.8) is 0 Å². The molecule has 3 aromatic rings. The minimum Gasteiger partial charge on any atom is -0.306 e. The number of rotatable bonds is 3. The van der Waals surface area contributed by atoms with Crippen LogP contribution in [0.25, 0.3) is 23.2 Å². The normalized spacial score (nSPS) is 22.4. The molecule has 2 unspecified atom stereocenters. The van der Waals surface area contributed by atoms with Gasteiger partial charge in [-0.1, -0.05) is 24.3 Å². The first-order chi connectivity index (χ1) is 13.2. The first kappa shape index (κ1) is 15.2. The zero-order valence-electron chi connectivity index (χ0n) is 14.7. The maximum atomic E-state index is 6.29. The average molecular weight is 381 g/mol. The summed E-state index contributed by atoms with van der Waals surface area (Å²) in [5, 5.41) is 17.5. The number of hydrogen-bond donors (Lipinski definition) is 0. The Morgan fingerprint density at radius 1 is 1.19 bits per heavy atom. The quantitative estimate of drug-likeness (QED) is 0.651. The van der Waals surface area contributed by atoms with Crippen molar-refractivity contribution in [2.45, 2.75) is 19.8 Å². The molecule has 0 N–H and O–H groups in total. The highest BCUT2D eigenvalue weighted by atomic mass is 35.5. The SMILES string of the molecule is CC1CC1Cc1cn(-c2nnc3n2C2=CN(Cl)CN2c2ccccc2-3)nn1. The van der Waals surface area contributed by atoms with Gasteiger partial charge in [-0.25, -0.2) is 4.57 Å². The summed E-state index contributed by atoms with van der Waals surface area (Å²) in [4.78, 5) is 2.14. The predicted molar refractivity (Wildman–Crippen MR) is 101 cm³/mol. The van der Waals surface area contributed by atoms with Gasteiger partial charge in [-0.05, 0) is 36.8 Å². The molecule has 1 fully saturated rings. The van der Waals surface area contributed by atoms with E-state index in [1.54, 1.807) is 9.10 Å². The highest BCUT2D eigenvalue weighted by Gasteiger charge is 2.36. The van der Waals surface area contributed by atoms with Gasteiger partial charge in [0.2, 0.25) is 0 Å². The predicted octanol–water partition coefficient (Wildman–Crippen LogP) is 2.73. The molecule has 0 saturated heterocycles. The Kier molecular flexibility index (Phi) is 3.00. The molecule has 3 aliphatic rings. The second kappa shape index (κ2) is 5.32. The lowest BCUT2D eigenvalue weighted by molar-refractivity contribution is 0.648. The van der Waals surface area contributed by atoms with E-state index in [0.29, 0.717) is 12.6 Å². The van der Waals surface area contributed by atoms with E-state index in [9.17, 15) is 0 Å². The Bertz CT molecular complexity index is 1080. The van der Waals surface area contributed by atoms with Crippen LogP contribution in [0.2, 0.25) is 0 Å². The first-order valence-electron chi connectivity index (χ1n) is 9.07. The first-order valence-corrected chi connectivity index (χ1v) is 9.41. The Labute approximate surface area is 160 Å². The monoisotopic (exact) mass is 380 g/mol. The van der Waals surface area contributed by atoms with E-state index >= 15 is 0 Å². The maximum Gasteiger partial charge on any atom is 0.259 e. The van der Waals surface area contributed by atoms with Crippen molar-refractivity contribution in [3.8, 4) is 17.3 Å². The molecule has 2 aliphatic heterocycles. The van der Waals surface area contributed by atoms with Gasteiger partial charge in [0.15, 0.2) is 5.82 Å². The molecule has 2 aromatic heterocycles. The van der Waals surface area contributed by atoms with Crippen LogP contribution in [-0.4, -0.2) is 40.8 Å². The molecule has 0 amide bonds. The summed E-state index contributed by atoms with van der Waals surface area (Å²) in [7, 11) is 0. The van der Waals surface area contributed by atoms with Gasteiger partial charge in [-0.15, -0.1) is 15.3 Å². The van der Waals surface area contributed by atoms with Crippen LogP contribution in [0.4, 0.5) is 5.69 Å². The highest BCUT2D eigenvalue weighted by molar-refractivity contribution is 6.15. The van der Waals surface area contributed by atoms with Crippen molar-refractivity contribution in [2.24, 2.45) is 11.8 Å². The van der Waals surface area contributed by atoms with Gasteiger partial charge in [0.1, 0.15) is 12.5 Å². The fraction of sp³-hybridized carbons (Fsp3) is 0.333. The van der Waals surface area contributed by atoms with Crippen LogP contribution < -0.4 is 4.90 Å². The van der Waals surface area contributed by atoms with E-state index in [2.05, 4.69) is 44.5 Å². The third-order valence-electron chi connectivity index (χ3n) is 5.61. The van der Waals surface area contributed by atoms with E-state index in [1.165, 1.54) is 6.42 Å². The van der Waals surface area contributed by atoms with Gasteiger partial charge in [-0.2, -0.15) is 4.68 Å². The number of nitrogens with zero attached hydrogens (tertiary/aromatic N) is 8. The standard InChI is InChI=1S/C18H17ClN8/c1-11-6-12(11)7-13-8-26(23-20-13)18-22-21-17-14-4-2-3-5-15(14)25-10-24(19)9-16(25)27(17)18/h2-5,8-9,11-12H,6-7,10H2,1H3. The van der Waals surface area contributed by atoms with Crippen molar-refractivity contribution < 1.29 is 0 Å². The van der Waals surface area contributed by atoms with Crippen LogP contribution in [-0.2, 0) is 6.42 Å². The summed E-state index contributed by atoms with van der Waals surface area (Å²) < 4.78 is 5.33. The lowest BCUT2D eigenvalue weighted by Crippen LogP contribution is -2.29. The molecule has 0 spiro atoms. The van der Waals surface area contributed by atoms with Crippen LogP contribution in [0.3, 0.4) is 0 Å². The highest BCUT2D eigenvalue weighted by Crippen LogP contribution is 2.43. The largest absolute Gasteiger partial charge is 0.306 e. The summed E-state index contributed by atoms with van der Waals surface area (Å²) in [6.07, 6.45) is 6.09. The van der Waals surface area contributed by atoms with E-state index in [1.807, 2.05) is 29.1 Å². The van der Waals surface area contributed by atoms with Gasteiger partial charge in [0, 0.05) is 17.3 Å². The number of fused-ring (bicyclic) bond motifs is 6. The maximum absolute atomic E-state index is 6.29. The lowest BCUT2D eigenvalue weighted by Gasteiger charge is -2.29. The topological polar surface area (TPSA) is 67.9 Å². The van der Waals surface area contributed by atoms with Crippen molar-refractivity contribution in [2.75, 3.05) is 11.6 Å². The molecular weight excluding hydrogens is 364 g/mol. The number of hydrogen-bond acceptors (Lipinski definition) is 6. The zero-order chi connectivity index (χ0) is 18.1. The molecule has 8 nitrogen and oxygen atoms in total. The average Bonchev–Trinajstić information content (AvgIpc) is 3.07.